The van der Waals surface area contributed by atoms with Gasteiger partial charge in [-0.1, -0.05) is 148 Å². The zero-order valence-electron chi connectivity index (χ0n) is 48.0. The molecule has 446 valence electrons. The Morgan fingerprint density at radius 1 is 0.585 bits per heavy atom. The van der Waals surface area contributed by atoms with Crippen LogP contribution in [0.1, 0.15) is 56.9 Å². The van der Waals surface area contributed by atoms with E-state index >= 15 is 0 Å². The molecule has 3 heterocycles. The maximum absolute atomic E-state index is 14.2. The first-order chi connectivity index (χ1) is 39.3. The number of aliphatic hydroxyl groups is 1. The molecular weight excluding hydrogens is 1080 g/mol. The van der Waals surface area contributed by atoms with Crippen molar-refractivity contribution in [3.63, 3.8) is 0 Å². The molecule has 0 unspecified atom stereocenters. The van der Waals surface area contributed by atoms with Crippen molar-refractivity contribution >= 4 is 32.1 Å². The molecule has 4 aromatic carbocycles. The van der Waals surface area contributed by atoms with Gasteiger partial charge in [-0.3, -0.25) is 9.59 Å². The molecule has 0 spiro atoms. The van der Waals surface area contributed by atoms with Crippen LogP contribution in [0, 0.1) is 0 Å². The van der Waals surface area contributed by atoms with E-state index < -0.39 is 124 Å². The van der Waals surface area contributed by atoms with Crippen molar-refractivity contribution in [3.05, 3.63) is 156 Å². The topological polar surface area (TPSA) is 230 Å². The first-order valence-corrected chi connectivity index (χ1v) is 30.3. The fraction of sp³-hybridized carbons (Fsp3) is 0.508. The highest BCUT2D eigenvalue weighted by Crippen LogP contribution is 2.41. The second kappa shape index (κ2) is 30.2. The summed E-state index contributed by atoms with van der Waals surface area (Å²) in [6, 6.07) is 35.6. The third-order valence-electron chi connectivity index (χ3n) is 14.7. The number of ether oxygens (including phenoxy) is 13. The summed E-state index contributed by atoms with van der Waals surface area (Å²) in [5, 5.41) is 15.1. The van der Waals surface area contributed by atoms with Crippen molar-refractivity contribution in [3.8, 4) is 0 Å². The van der Waals surface area contributed by atoms with E-state index in [1.807, 2.05) is 155 Å². The maximum Gasteiger partial charge on any atom is 0.337 e. The molecule has 7 rings (SSSR count). The lowest BCUT2D eigenvalue weighted by Crippen LogP contribution is -2.70. The number of hydrogen-bond donors (Lipinski definition) is 2. The minimum Gasteiger partial charge on any atom is -0.467 e. The summed E-state index contributed by atoms with van der Waals surface area (Å²) in [6.45, 7) is 15.9. The van der Waals surface area contributed by atoms with Gasteiger partial charge >= 0.3 is 17.9 Å². The van der Waals surface area contributed by atoms with Gasteiger partial charge in [0.1, 0.15) is 54.9 Å². The lowest BCUT2D eigenvalue weighted by Gasteiger charge is -2.51. The van der Waals surface area contributed by atoms with Gasteiger partial charge in [-0.15, -0.1) is 6.58 Å². The Bertz CT molecular complexity index is 2630. The second-order valence-corrected chi connectivity index (χ2v) is 26.4. The Kier molecular flexibility index (Phi) is 23.5. The zero-order chi connectivity index (χ0) is 59.0. The molecule has 2 N–H and O–H groups in total. The first kappa shape index (κ1) is 63.8. The molecule has 4 aromatic rings. The van der Waals surface area contributed by atoms with Crippen LogP contribution in [-0.2, 0) is 112 Å². The standard InChI is InChI=1S/C61H79NO19Si/c1-11-32-71-50-51(74-36-43-30-22-15-23-31-43)55(75-39(3)64)60(80-53(50)56(66)68-7)77-47-44(37-70-33-40-24-16-12-17-25-40)76-58(45(62-38(2)63)48(47)72-34-41-26-18-13-19-27-41)78-52-49(73-35-42-28-20-14-21-29-42)46(65)59(79-54(52)57(67)69-8)81-82(9,10)61(4,5)6/h11-31,44-55,58-60,65H,1,32-37H2,2-10H3,(H,62,63)/t44-,45-,46-,47-,48-,49-,50+,51+,52+,53-,54-,55-,58-,59-,60-/m1/s1. The minimum absolute atomic E-state index is 0.0296. The van der Waals surface area contributed by atoms with Gasteiger partial charge in [-0.25, -0.2) is 9.59 Å². The summed E-state index contributed by atoms with van der Waals surface area (Å²) in [4.78, 5) is 55.1. The number of carbonyl (C=O) groups is 4. The number of nitrogens with one attached hydrogen (secondary N) is 1. The Labute approximate surface area is 480 Å². The van der Waals surface area contributed by atoms with Gasteiger partial charge in [-0.05, 0) is 40.4 Å². The predicted molar refractivity (Wildman–Crippen MR) is 298 cm³/mol. The number of methoxy groups -OCH3 is 2. The van der Waals surface area contributed by atoms with Crippen LogP contribution in [0.15, 0.2) is 134 Å². The number of aliphatic hydroxyl groups excluding tert-OH is 1. The van der Waals surface area contributed by atoms with Crippen LogP contribution in [0.4, 0.5) is 0 Å². The van der Waals surface area contributed by atoms with E-state index in [0.717, 1.165) is 22.3 Å². The SMILES string of the molecule is C=CCO[C@H]1[C@H](OCc2ccccc2)[C@@H](OC(C)=O)[C@H](O[C@H]2[C@H](OCc3ccccc3)[C@@H](NC(C)=O)[C@@H](O[C@H]3[C@H](OCc4ccccc4)[C@@H](O)[C@@H](O[Si](C)(C)C(C)(C)C)O[C@H]3C(=O)OC)O[C@@H]2COCc2ccccc2)O[C@H]1C(=O)OC. The van der Waals surface area contributed by atoms with Crippen LogP contribution in [0.3, 0.4) is 0 Å². The van der Waals surface area contributed by atoms with Crippen LogP contribution in [0.5, 0.6) is 0 Å². The molecule has 3 saturated heterocycles. The highest BCUT2D eigenvalue weighted by molar-refractivity contribution is 6.74. The molecule has 0 saturated carbocycles. The molecule has 0 aromatic heterocycles. The van der Waals surface area contributed by atoms with Crippen molar-refractivity contribution in [2.24, 2.45) is 0 Å². The molecule has 82 heavy (non-hydrogen) atoms. The number of esters is 3. The largest absolute Gasteiger partial charge is 0.467 e. The summed E-state index contributed by atoms with van der Waals surface area (Å²) in [6.07, 6.45) is -18.8. The van der Waals surface area contributed by atoms with Crippen molar-refractivity contribution in [2.75, 3.05) is 27.4 Å². The van der Waals surface area contributed by atoms with Crippen molar-refractivity contribution in [2.45, 2.75) is 171 Å². The highest BCUT2D eigenvalue weighted by atomic mass is 28.4. The van der Waals surface area contributed by atoms with Crippen LogP contribution in [0.25, 0.3) is 0 Å². The van der Waals surface area contributed by atoms with Crippen LogP contribution >= 0.6 is 0 Å². The third-order valence-corrected chi connectivity index (χ3v) is 19.1. The van der Waals surface area contributed by atoms with E-state index in [1.165, 1.54) is 34.1 Å². The normalized spacial score (nSPS) is 28.5. The van der Waals surface area contributed by atoms with Gasteiger partial charge < -0.3 is 76.4 Å². The maximum atomic E-state index is 14.2. The molecular formula is C61H79NO19Si. The van der Waals surface area contributed by atoms with Gasteiger partial charge in [0.25, 0.3) is 0 Å². The smallest absolute Gasteiger partial charge is 0.337 e. The number of hydrogen-bond acceptors (Lipinski definition) is 19. The third kappa shape index (κ3) is 17.0. The Hall–Kier alpha value is -5.76. The molecule has 0 radical (unpaired) electrons. The Balaban J connectivity index is 1.36. The summed E-state index contributed by atoms with van der Waals surface area (Å²) in [7, 11) is -0.357. The van der Waals surface area contributed by atoms with Gasteiger partial charge in [0.2, 0.25) is 5.91 Å². The van der Waals surface area contributed by atoms with E-state index in [1.54, 1.807) is 0 Å². The molecule has 0 aliphatic carbocycles. The fourth-order valence-corrected chi connectivity index (χ4v) is 10.6. The lowest BCUT2D eigenvalue weighted by atomic mass is 9.93. The quantitative estimate of drug-likeness (QED) is 0.0290. The molecule has 15 atom stereocenters. The number of carbonyl (C=O) groups excluding carboxylic acids is 4. The molecule has 3 aliphatic rings. The average Bonchev–Trinajstić information content (AvgIpc) is 2.85. The number of amides is 1. The number of benzene rings is 4. The van der Waals surface area contributed by atoms with E-state index in [-0.39, 0.29) is 44.7 Å². The molecule has 3 aliphatic heterocycles. The Morgan fingerprint density at radius 3 is 1.52 bits per heavy atom. The van der Waals surface area contributed by atoms with Crippen LogP contribution in [-0.4, -0.2) is 157 Å². The van der Waals surface area contributed by atoms with Gasteiger partial charge in [0.15, 0.2) is 45.5 Å². The number of rotatable bonds is 26. The van der Waals surface area contributed by atoms with Gasteiger partial charge in [-0.2, -0.15) is 0 Å². The molecule has 3 fully saturated rings. The molecule has 1 amide bonds. The van der Waals surface area contributed by atoms with E-state index in [4.69, 9.17) is 66.0 Å². The van der Waals surface area contributed by atoms with Crippen molar-refractivity contribution < 1.29 is 90.3 Å². The van der Waals surface area contributed by atoms with E-state index in [0.29, 0.717) is 0 Å². The minimum atomic E-state index is -2.73. The Morgan fingerprint density at radius 2 is 1.05 bits per heavy atom. The van der Waals surface area contributed by atoms with Crippen LogP contribution in [0.2, 0.25) is 18.1 Å². The van der Waals surface area contributed by atoms with Crippen molar-refractivity contribution in [1.29, 1.82) is 0 Å². The fourth-order valence-electron chi connectivity index (χ4n) is 9.51. The van der Waals surface area contributed by atoms with Gasteiger partial charge in [0, 0.05) is 13.8 Å². The van der Waals surface area contributed by atoms with Crippen molar-refractivity contribution in [1.82, 2.24) is 5.32 Å². The molecule has 0 bridgehead atoms. The first-order valence-electron chi connectivity index (χ1n) is 27.4. The van der Waals surface area contributed by atoms with E-state index in [2.05, 4.69) is 11.9 Å². The highest BCUT2D eigenvalue weighted by Gasteiger charge is 2.59. The molecule has 20 nitrogen and oxygen atoms in total. The molecule has 21 heteroatoms. The summed E-state index contributed by atoms with van der Waals surface area (Å²) in [5.41, 5.74) is 3.02. The monoisotopic (exact) mass is 1160 g/mol. The van der Waals surface area contributed by atoms with Gasteiger partial charge in [0.05, 0.1) is 53.9 Å². The summed E-state index contributed by atoms with van der Waals surface area (Å²) < 4.78 is 90.2. The second-order valence-electron chi connectivity index (χ2n) is 21.7. The summed E-state index contributed by atoms with van der Waals surface area (Å²) in [5.74, 6) is -3.06. The van der Waals surface area contributed by atoms with Crippen LogP contribution < -0.4 is 5.32 Å². The zero-order valence-corrected chi connectivity index (χ0v) is 49.0. The van der Waals surface area contributed by atoms with E-state index in [9.17, 15) is 24.3 Å². The predicted octanol–water partition coefficient (Wildman–Crippen LogP) is 6.64. The summed E-state index contributed by atoms with van der Waals surface area (Å²) >= 11 is 0. The average molecular weight is 1160 g/mol. The lowest BCUT2D eigenvalue weighted by molar-refractivity contribution is -0.368.